The molecular formula is C13H24N2O2. The van der Waals surface area contributed by atoms with Gasteiger partial charge in [-0.1, -0.05) is 6.42 Å². The third-order valence-electron chi connectivity index (χ3n) is 3.81. The molecule has 0 N–H and O–H groups in total. The van der Waals surface area contributed by atoms with Crippen LogP contribution in [0.25, 0.3) is 0 Å². The number of carbonyl (C=O) groups excluding carboxylic acids is 1. The first kappa shape index (κ1) is 12.8. The molecule has 2 rings (SSSR count). The van der Waals surface area contributed by atoms with Crippen molar-refractivity contribution in [3.63, 3.8) is 0 Å². The van der Waals surface area contributed by atoms with Crippen LogP contribution in [0.2, 0.25) is 0 Å². The number of epoxide rings is 1. The van der Waals surface area contributed by atoms with Gasteiger partial charge in [0.2, 0.25) is 5.91 Å². The van der Waals surface area contributed by atoms with Crippen LogP contribution >= 0.6 is 0 Å². The van der Waals surface area contributed by atoms with Gasteiger partial charge in [0.25, 0.3) is 0 Å². The monoisotopic (exact) mass is 240 g/mol. The molecule has 4 heteroatoms. The van der Waals surface area contributed by atoms with Crippen molar-refractivity contribution >= 4 is 5.91 Å². The van der Waals surface area contributed by atoms with Crippen molar-refractivity contribution in [2.45, 2.75) is 45.3 Å². The van der Waals surface area contributed by atoms with Crippen LogP contribution in [-0.4, -0.2) is 60.6 Å². The Morgan fingerprint density at radius 3 is 2.65 bits per heavy atom. The molecule has 2 heterocycles. The van der Waals surface area contributed by atoms with Gasteiger partial charge in [-0.3, -0.25) is 9.69 Å². The highest BCUT2D eigenvalue weighted by molar-refractivity contribution is 5.82. The highest BCUT2D eigenvalue weighted by Crippen LogP contribution is 2.22. The zero-order valence-electron chi connectivity index (χ0n) is 11.0. The molecule has 2 aliphatic rings. The van der Waals surface area contributed by atoms with Crippen LogP contribution < -0.4 is 0 Å². The van der Waals surface area contributed by atoms with E-state index in [2.05, 4.69) is 18.7 Å². The molecule has 0 aromatic rings. The van der Waals surface area contributed by atoms with Gasteiger partial charge in [-0.25, -0.2) is 0 Å². The van der Waals surface area contributed by atoms with E-state index >= 15 is 0 Å². The second-order valence-corrected chi connectivity index (χ2v) is 4.97. The molecule has 0 aliphatic carbocycles. The molecule has 2 saturated heterocycles. The summed E-state index contributed by atoms with van der Waals surface area (Å²) in [5.74, 6) is 0.315. The first-order chi connectivity index (χ1) is 8.26. The van der Waals surface area contributed by atoms with E-state index in [0.29, 0.717) is 12.0 Å². The van der Waals surface area contributed by atoms with Crippen LogP contribution in [0.5, 0.6) is 0 Å². The lowest BCUT2D eigenvalue weighted by Gasteiger charge is -2.37. The summed E-state index contributed by atoms with van der Waals surface area (Å²) in [6.45, 7) is 8.62. The summed E-state index contributed by atoms with van der Waals surface area (Å²) in [5, 5.41) is 0. The maximum atomic E-state index is 12.4. The minimum absolute atomic E-state index is 0.104. The Kier molecular flexibility index (Phi) is 4.40. The molecule has 2 atom stereocenters. The average Bonchev–Trinajstić information content (AvgIpc) is 3.15. The van der Waals surface area contributed by atoms with Crippen molar-refractivity contribution in [2.75, 3.05) is 32.8 Å². The van der Waals surface area contributed by atoms with Crippen LogP contribution in [0.15, 0.2) is 0 Å². The number of ether oxygens (including phenoxy) is 1. The Morgan fingerprint density at radius 1 is 1.35 bits per heavy atom. The number of amides is 1. The quantitative estimate of drug-likeness (QED) is 0.675. The molecule has 17 heavy (non-hydrogen) atoms. The predicted octanol–water partition coefficient (Wildman–Crippen LogP) is 1.11. The lowest BCUT2D eigenvalue weighted by atomic mass is 10.0. The fourth-order valence-corrected chi connectivity index (χ4v) is 2.67. The SMILES string of the molecule is CCN(CC)C(=O)C1CCCCN1CC1CO1. The molecule has 0 aromatic carbocycles. The summed E-state index contributed by atoms with van der Waals surface area (Å²) in [5.41, 5.74) is 0. The van der Waals surface area contributed by atoms with Crippen molar-refractivity contribution in [1.82, 2.24) is 9.80 Å². The Balaban J connectivity index is 1.96. The first-order valence-corrected chi connectivity index (χ1v) is 6.90. The van der Waals surface area contributed by atoms with Crippen molar-refractivity contribution < 1.29 is 9.53 Å². The molecule has 1 amide bonds. The molecule has 0 saturated carbocycles. The molecule has 0 aromatic heterocycles. The van der Waals surface area contributed by atoms with Crippen LogP contribution in [0.1, 0.15) is 33.1 Å². The maximum absolute atomic E-state index is 12.4. The molecular weight excluding hydrogens is 216 g/mol. The summed E-state index contributed by atoms with van der Waals surface area (Å²) < 4.78 is 5.29. The summed E-state index contributed by atoms with van der Waals surface area (Å²) in [6.07, 6.45) is 3.80. The number of carbonyl (C=O) groups is 1. The molecule has 0 radical (unpaired) electrons. The van der Waals surface area contributed by atoms with Gasteiger partial charge in [-0.2, -0.15) is 0 Å². The fourth-order valence-electron chi connectivity index (χ4n) is 2.67. The van der Waals surface area contributed by atoms with E-state index in [1.165, 1.54) is 12.8 Å². The minimum Gasteiger partial charge on any atom is -0.372 e. The minimum atomic E-state index is 0.104. The standard InChI is InChI=1S/C13H24N2O2/c1-3-14(4-2)13(16)12-7-5-6-8-15(12)9-11-10-17-11/h11-12H,3-10H2,1-2H3. The molecule has 2 fully saturated rings. The topological polar surface area (TPSA) is 36.1 Å². The van der Waals surface area contributed by atoms with E-state index in [1.807, 2.05) is 4.90 Å². The number of likely N-dealkylation sites (N-methyl/N-ethyl adjacent to an activating group) is 1. The van der Waals surface area contributed by atoms with Crippen molar-refractivity contribution in [3.05, 3.63) is 0 Å². The largest absolute Gasteiger partial charge is 0.372 e. The van der Waals surface area contributed by atoms with Gasteiger partial charge >= 0.3 is 0 Å². The van der Waals surface area contributed by atoms with Crippen molar-refractivity contribution in [2.24, 2.45) is 0 Å². The highest BCUT2D eigenvalue weighted by atomic mass is 16.6. The third kappa shape index (κ3) is 3.19. The molecule has 4 nitrogen and oxygen atoms in total. The Hall–Kier alpha value is -0.610. The van der Waals surface area contributed by atoms with Crippen LogP contribution in [0, 0.1) is 0 Å². The molecule has 2 unspecified atom stereocenters. The normalized spacial score (nSPS) is 29.1. The summed E-state index contributed by atoms with van der Waals surface area (Å²) in [6, 6.07) is 0.104. The van der Waals surface area contributed by atoms with Crippen LogP contribution in [0.4, 0.5) is 0 Å². The second kappa shape index (κ2) is 5.83. The van der Waals surface area contributed by atoms with E-state index < -0.39 is 0 Å². The molecule has 2 aliphatic heterocycles. The van der Waals surface area contributed by atoms with Gasteiger partial charge in [0, 0.05) is 19.6 Å². The van der Waals surface area contributed by atoms with Crippen LogP contribution in [0.3, 0.4) is 0 Å². The Bertz CT molecular complexity index is 262. The molecule has 0 spiro atoms. The van der Waals surface area contributed by atoms with Crippen LogP contribution in [-0.2, 0) is 9.53 Å². The van der Waals surface area contributed by atoms with Gasteiger partial charge in [-0.15, -0.1) is 0 Å². The second-order valence-electron chi connectivity index (χ2n) is 4.97. The maximum Gasteiger partial charge on any atom is 0.239 e. The van der Waals surface area contributed by atoms with Gasteiger partial charge < -0.3 is 9.64 Å². The fraction of sp³-hybridized carbons (Fsp3) is 0.923. The van der Waals surface area contributed by atoms with E-state index in [9.17, 15) is 4.79 Å². The number of hydrogen-bond donors (Lipinski definition) is 0. The summed E-state index contributed by atoms with van der Waals surface area (Å²) in [7, 11) is 0. The zero-order chi connectivity index (χ0) is 12.3. The zero-order valence-corrected chi connectivity index (χ0v) is 11.0. The number of nitrogens with zero attached hydrogens (tertiary/aromatic N) is 2. The van der Waals surface area contributed by atoms with Gasteiger partial charge in [-0.05, 0) is 33.2 Å². The van der Waals surface area contributed by atoms with Gasteiger partial charge in [0.15, 0.2) is 0 Å². The Labute approximate surface area is 104 Å². The Morgan fingerprint density at radius 2 is 2.06 bits per heavy atom. The number of hydrogen-bond acceptors (Lipinski definition) is 3. The van der Waals surface area contributed by atoms with Gasteiger partial charge in [0.1, 0.15) is 0 Å². The molecule has 0 bridgehead atoms. The highest BCUT2D eigenvalue weighted by Gasteiger charge is 2.35. The van der Waals surface area contributed by atoms with Crippen molar-refractivity contribution in [1.29, 1.82) is 0 Å². The smallest absolute Gasteiger partial charge is 0.239 e. The first-order valence-electron chi connectivity index (χ1n) is 6.90. The van der Waals surface area contributed by atoms with Crippen molar-refractivity contribution in [3.8, 4) is 0 Å². The average molecular weight is 240 g/mol. The van der Waals surface area contributed by atoms with E-state index in [0.717, 1.165) is 39.2 Å². The van der Waals surface area contributed by atoms with E-state index in [-0.39, 0.29) is 6.04 Å². The third-order valence-corrected chi connectivity index (χ3v) is 3.81. The van der Waals surface area contributed by atoms with Gasteiger partial charge in [0.05, 0.1) is 18.8 Å². The number of piperidine rings is 1. The number of likely N-dealkylation sites (tertiary alicyclic amines) is 1. The lowest BCUT2D eigenvalue weighted by molar-refractivity contribution is -0.138. The molecule has 98 valence electrons. The predicted molar refractivity (Wildman–Crippen MR) is 66.9 cm³/mol. The summed E-state index contributed by atoms with van der Waals surface area (Å²) in [4.78, 5) is 16.7. The van der Waals surface area contributed by atoms with E-state index in [4.69, 9.17) is 4.74 Å². The van der Waals surface area contributed by atoms with E-state index in [1.54, 1.807) is 0 Å². The lowest BCUT2D eigenvalue weighted by Crippen LogP contribution is -2.51. The summed E-state index contributed by atoms with van der Waals surface area (Å²) >= 11 is 0. The number of rotatable bonds is 5.